The molecule has 0 aromatic heterocycles. The fraction of sp³-hybridized carbons (Fsp3) is 0.529. The molecule has 0 spiro atoms. The van der Waals surface area contributed by atoms with Gasteiger partial charge in [-0.25, -0.2) is 4.79 Å². The van der Waals surface area contributed by atoms with Crippen molar-refractivity contribution in [1.82, 2.24) is 5.32 Å². The number of carbonyl (C=O) groups is 2. The number of aryl methyl sites for hydroxylation is 1. The number of hydrogen-bond donors (Lipinski definition) is 1. The van der Waals surface area contributed by atoms with Crippen molar-refractivity contribution in [3.05, 3.63) is 28.2 Å². The van der Waals surface area contributed by atoms with Crippen molar-refractivity contribution in [3.8, 4) is 5.75 Å². The Morgan fingerprint density at radius 2 is 1.96 bits per heavy atom. The summed E-state index contributed by atoms with van der Waals surface area (Å²) in [4.78, 5) is 23.4. The van der Waals surface area contributed by atoms with Gasteiger partial charge < -0.3 is 14.8 Å². The summed E-state index contributed by atoms with van der Waals surface area (Å²) in [5, 5.41) is 2.90. The zero-order valence-corrected chi connectivity index (χ0v) is 14.9. The molecule has 0 heterocycles. The Balaban J connectivity index is 1.67. The third-order valence-electron chi connectivity index (χ3n) is 3.77. The number of nitrogens with one attached hydrogen (secondary N) is 1. The van der Waals surface area contributed by atoms with Crippen LogP contribution in [-0.2, 0) is 14.3 Å². The van der Waals surface area contributed by atoms with Crippen LogP contribution in [0.15, 0.2) is 22.7 Å². The summed E-state index contributed by atoms with van der Waals surface area (Å²) in [6.45, 7) is 1.49. The molecule has 1 aliphatic rings. The minimum atomic E-state index is -0.559. The van der Waals surface area contributed by atoms with Crippen LogP contribution in [0.4, 0.5) is 0 Å². The van der Waals surface area contributed by atoms with Crippen molar-refractivity contribution in [1.29, 1.82) is 0 Å². The highest BCUT2D eigenvalue weighted by atomic mass is 79.9. The number of esters is 1. The lowest BCUT2D eigenvalue weighted by atomic mass is 9.95. The molecule has 1 saturated carbocycles. The average molecular weight is 384 g/mol. The van der Waals surface area contributed by atoms with Gasteiger partial charge in [0.25, 0.3) is 5.91 Å². The zero-order valence-electron chi connectivity index (χ0n) is 13.3. The van der Waals surface area contributed by atoms with Crippen molar-refractivity contribution in [3.63, 3.8) is 0 Å². The van der Waals surface area contributed by atoms with E-state index in [1.807, 2.05) is 19.1 Å². The lowest BCUT2D eigenvalue weighted by Crippen LogP contribution is -2.39. The van der Waals surface area contributed by atoms with Crippen LogP contribution >= 0.6 is 15.9 Å². The summed E-state index contributed by atoms with van der Waals surface area (Å²) in [5.41, 5.74) is 1.09. The van der Waals surface area contributed by atoms with Crippen molar-refractivity contribution in [2.24, 2.45) is 0 Å². The number of ether oxygens (including phenoxy) is 2. The topological polar surface area (TPSA) is 64.6 Å². The molecular formula is C17H22BrNO4. The number of rotatable bonds is 6. The zero-order chi connectivity index (χ0) is 16.7. The Hall–Kier alpha value is -1.56. The van der Waals surface area contributed by atoms with E-state index in [-0.39, 0.29) is 25.2 Å². The first-order chi connectivity index (χ1) is 11.0. The SMILES string of the molecule is Cc1ccc(OCC(=O)OCC(=O)NC2CCCCC2)c(Br)c1. The second-order valence-corrected chi connectivity index (χ2v) is 6.64. The predicted molar refractivity (Wildman–Crippen MR) is 90.3 cm³/mol. The maximum atomic E-state index is 11.7. The molecule has 1 fully saturated rings. The molecule has 0 aliphatic heterocycles. The maximum Gasteiger partial charge on any atom is 0.344 e. The van der Waals surface area contributed by atoms with Gasteiger partial charge in [0.2, 0.25) is 0 Å². The Bertz CT molecular complexity index is 556. The molecule has 0 unspecified atom stereocenters. The number of benzene rings is 1. The third-order valence-corrected chi connectivity index (χ3v) is 4.39. The Labute approximate surface area is 144 Å². The maximum absolute atomic E-state index is 11.7. The normalized spacial score (nSPS) is 15.0. The molecule has 1 N–H and O–H groups in total. The van der Waals surface area contributed by atoms with Gasteiger partial charge in [0.1, 0.15) is 5.75 Å². The molecule has 126 valence electrons. The van der Waals surface area contributed by atoms with E-state index in [2.05, 4.69) is 21.2 Å². The fourth-order valence-electron chi connectivity index (χ4n) is 2.56. The Morgan fingerprint density at radius 3 is 2.65 bits per heavy atom. The Morgan fingerprint density at radius 1 is 1.22 bits per heavy atom. The van der Waals surface area contributed by atoms with E-state index in [0.717, 1.165) is 35.7 Å². The van der Waals surface area contributed by atoms with Crippen molar-refractivity contribution in [2.45, 2.75) is 45.1 Å². The Kier molecular flexibility index (Phi) is 6.89. The predicted octanol–water partition coefficient (Wildman–Crippen LogP) is 3.13. The number of carbonyl (C=O) groups excluding carboxylic acids is 2. The second-order valence-electron chi connectivity index (χ2n) is 5.79. The van der Waals surface area contributed by atoms with Crippen LogP contribution in [0.1, 0.15) is 37.7 Å². The van der Waals surface area contributed by atoms with Crippen LogP contribution in [0.25, 0.3) is 0 Å². The van der Waals surface area contributed by atoms with E-state index in [1.54, 1.807) is 6.07 Å². The summed E-state index contributed by atoms with van der Waals surface area (Å²) in [7, 11) is 0. The van der Waals surface area contributed by atoms with Gasteiger partial charge in [-0.2, -0.15) is 0 Å². The molecule has 1 aromatic rings. The minimum absolute atomic E-state index is 0.217. The lowest BCUT2D eigenvalue weighted by molar-refractivity contribution is -0.150. The summed E-state index contributed by atoms with van der Waals surface area (Å²) >= 11 is 3.37. The highest BCUT2D eigenvalue weighted by Gasteiger charge is 2.16. The second kappa shape index (κ2) is 8.91. The quantitative estimate of drug-likeness (QED) is 0.766. The van der Waals surface area contributed by atoms with Crippen LogP contribution in [0.5, 0.6) is 5.75 Å². The van der Waals surface area contributed by atoms with Gasteiger partial charge in [-0.15, -0.1) is 0 Å². The monoisotopic (exact) mass is 383 g/mol. The van der Waals surface area contributed by atoms with E-state index < -0.39 is 5.97 Å². The smallest absolute Gasteiger partial charge is 0.344 e. The molecule has 5 nitrogen and oxygen atoms in total. The molecule has 1 aliphatic carbocycles. The summed E-state index contributed by atoms with van der Waals surface area (Å²) < 4.78 is 11.1. The van der Waals surface area contributed by atoms with Crippen LogP contribution in [-0.4, -0.2) is 31.1 Å². The highest BCUT2D eigenvalue weighted by Crippen LogP contribution is 2.25. The van der Waals surface area contributed by atoms with Crippen LogP contribution in [0.2, 0.25) is 0 Å². The molecule has 23 heavy (non-hydrogen) atoms. The lowest BCUT2D eigenvalue weighted by Gasteiger charge is -2.22. The highest BCUT2D eigenvalue weighted by molar-refractivity contribution is 9.10. The molecule has 6 heteroatoms. The average Bonchev–Trinajstić information content (AvgIpc) is 2.53. The van der Waals surface area contributed by atoms with Gasteiger partial charge in [0.05, 0.1) is 4.47 Å². The summed E-state index contributed by atoms with van der Waals surface area (Å²) in [5.74, 6) is -0.239. The van der Waals surface area contributed by atoms with Crippen molar-refractivity contribution >= 4 is 27.8 Å². The van der Waals surface area contributed by atoms with Gasteiger partial charge in [0.15, 0.2) is 13.2 Å². The fourth-order valence-corrected chi connectivity index (χ4v) is 3.17. The standard InChI is InChI=1S/C17H22BrNO4/c1-12-7-8-15(14(18)9-12)22-11-17(21)23-10-16(20)19-13-5-3-2-4-6-13/h7-9,13H,2-6,10-11H2,1H3,(H,19,20). The number of hydrogen-bond acceptors (Lipinski definition) is 4. The van der Waals surface area contributed by atoms with Crippen LogP contribution < -0.4 is 10.1 Å². The molecule has 0 radical (unpaired) electrons. The van der Waals surface area contributed by atoms with E-state index in [9.17, 15) is 9.59 Å². The van der Waals surface area contributed by atoms with Gasteiger partial charge in [-0.05, 0) is 53.4 Å². The number of halogens is 1. The summed E-state index contributed by atoms with van der Waals surface area (Å²) in [6.07, 6.45) is 5.52. The van der Waals surface area contributed by atoms with E-state index in [1.165, 1.54) is 6.42 Å². The minimum Gasteiger partial charge on any atom is -0.481 e. The molecule has 2 rings (SSSR count). The van der Waals surface area contributed by atoms with Crippen molar-refractivity contribution < 1.29 is 19.1 Å². The van der Waals surface area contributed by atoms with Gasteiger partial charge in [-0.1, -0.05) is 25.3 Å². The van der Waals surface area contributed by atoms with Crippen molar-refractivity contribution in [2.75, 3.05) is 13.2 Å². The molecular weight excluding hydrogens is 362 g/mol. The first-order valence-corrected chi connectivity index (χ1v) is 8.68. The van der Waals surface area contributed by atoms with Gasteiger partial charge in [0, 0.05) is 6.04 Å². The first kappa shape index (κ1) is 17.8. The summed E-state index contributed by atoms with van der Waals surface area (Å²) in [6, 6.07) is 5.79. The number of amides is 1. The van der Waals surface area contributed by atoms with E-state index in [4.69, 9.17) is 9.47 Å². The van der Waals surface area contributed by atoms with Crippen LogP contribution in [0, 0.1) is 6.92 Å². The molecule has 0 saturated heterocycles. The molecule has 1 amide bonds. The first-order valence-electron chi connectivity index (χ1n) is 7.88. The molecule has 0 atom stereocenters. The molecule has 1 aromatic carbocycles. The van der Waals surface area contributed by atoms with Gasteiger partial charge >= 0.3 is 5.97 Å². The van der Waals surface area contributed by atoms with E-state index >= 15 is 0 Å². The van der Waals surface area contributed by atoms with Gasteiger partial charge in [-0.3, -0.25) is 4.79 Å². The molecule has 0 bridgehead atoms. The van der Waals surface area contributed by atoms with E-state index in [0.29, 0.717) is 5.75 Å². The van der Waals surface area contributed by atoms with Crippen LogP contribution in [0.3, 0.4) is 0 Å². The largest absolute Gasteiger partial charge is 0.481 e. The third kappa shape index (κ3) is 6.22.